The second-order valence-corrected chi connectivity index (χ2v) is 5.66. The van der Waals surface area contributed by atoms with Gasteiger partial charge < -0.3 is 5.32 Å². The van der Waals surface area contributed by atoms with E-state index in [4.69, 9.17) is 0 Å². The third-order valence-electron chi connectivity index (χ3n) is 3.91. The van der Waals surface area contributed by atoms with Crippen molar-refractivity contribution in [2.45, 2.75) is 32.1 Å². The molecule has 0 fully saturated rings. The van der Waals surface area contributed by atoms with E-state index in [1.807, 2.05) is 12.1 Å². The molecule has 1 aliphatic carbocycles. The monoisotopic (exact) mass is 255 g/mol. The number of carbonyl (C=O) groups is 1. The van der Waals surface area contributed by atoms with Crippen LogP contribution in [0.15, 0.2) is 30.6 Å². The average molecular weight is 255 g/mol. The molecule has 1 aromatic heterocycles. The summed E-state index contributed by atoms with van der Waals surface area (Å²) >= 11 is 0. The summed E-state index contributed by atoms with van der Waals surface area (Å²) in [6, 6.07) is 6.14. The summed E-state index contributed by atoms with van der Waals surface area (Å²) < 4.78 is 0. The molecule has 3 rings (SSSR count). The number of hydrogen-bond acceptors (Lipinski definition) is 2. The van der Waals surface area contributed by atoms with Crippen LogP contribution in [0.3, 0.4) is 0 Å². The highest BCUT2D eigenvalue weighted by Gasteiger charge is 2.31. The number of amides is 1. The van der Waals surface area contributed by atoms with Crippen LogP contribution in [0.4, 0.5) is 5.69 Å². The topological polar surface area (TPSA) is 57.8 Å². The number of aromatic amines is 1. The summed E-state index contributed by atoms with van der Waals surface area (Å²) in [4.78, 5) is 12.1. The van der Waals surface area contributed by atoms with Crippen LogP contribution in [0.1, 0.15) is 41.8 Å². The molecule has 4 nitrogen and oxygen atoms in total. The molecule has 4 heteroatoms. The van der Waals surface area contributed by atoms with Gasteiger partial charge in [-0.3, -0.25) is 9.89 Å². The maximum absolute atomic E-state index is 12.1. The molecular weight excluding hydrogens is 238 g/mol. The maximum atomic E-state index is 12.1. The van der Waals surface area contributed by atoms with Crippen molar-refractivity contribution in [3.63, 3.8) is 0 Å². The molecule has 98 valence electrons. The highest BCUT2D eigenvalue weighted by molar-refractivity contribution is 6.04. The Kier molecular flexibility index (Phi) is 2.66. The molecular formula is C15H17N3O. The molecule has 0 radical (unpaired) electrons. The van der Waals surface area contributed by atoms with E-state index in [-0.39, 0.29) is 11.3 Å². The van der Waals surface area contributed by atoms with Crippen molar-refractivity contribution in [3.8, 4) is 0 Å². The van der Waals surface area contributed by atoms with Crippen molar-refractivity contribution in [3.05, 3.63) is 47.3 Å². The van der Waals surface area contributed by atoms with Gasteiger partial charge in [0.05, 0.1) is 11.8 Å². The van der Waals surface area contributed by atoms with Crippen LogP contribution in [0.25, 0.3) is 0 Å². The molecule has 1 amide bonds. The van der Waals surface area contributed by atoms with E-state index in [9.17, 15) is 4.79 Å². The van der Waals surface area contributed by atoms with Gasteiger partial charge >= 0.3 is 0 Å². The summed E-state index contributed by atoms with van der Waals surface area (Å²) in [6.07, 6.45) is 5.27. The number of aromatic nitrogens is 2. The Bertz CT molecular complexity index is 614. The zero-order chi connectivity index (χ0) is 13.5. The smallest absolute Gasteiger partial charge is 0.258 e. The van der Waals surface area contributed by atoms with Crippen LogP contribution in [0.5, 0.6) is 0 Å². The molecule has 1 aliphatic rings. The van der Waals surface area contributed by atoms with Crippen molar-refractivity contribution in [2.75, 3.05) is 5.32 Å². The van der Waals surface area contributed by atoms with Gasteiger partial charge in [-0.1, -0.05) is 26.0 Å². The van der Waals surface area contributed by atoms with E-state index in [2.05, 4.69) is 35.4 Å². The molecule has 2 N–H and O–H groups in total. The number of nitrogens with one attached hydrogen (secondary N) is 2. The molecule has 2 aromatic rings. The van der Waals surface area contributed by atoms with Crippen LogP contribution in [-0.2, 0) is 11.8 Å². The second kappa shape index (κ2) is 4.23. The van der Waals surface area contributed by atoms with Crippen LogP contribution >= 0.6 is 0 Å². The lowest BCUT2D eigenvalue weighted by molar-refractivity contribution is 0.102. The largest absolute Gasteiger partial charge is 0.322 e. The van der Waals surface area contributed by atoms with Crippen LogP contribution in [0, 0.1) is 0 Å². The fraction of sp³-hybridized carbons (Fsp3) is 0.333. The molecule has 0 aliphatic heterocycles. The van der Waals surface area contributed by atoms with Gasteiger partial charge in [0.1, 0.15) is 0 Å². The predicted molar refractivity (Wildman–Crippen MR) is 74.3 cm³/mol. The standard InChI is InChI=1S/C15H17N3O/c1-15(2)7-6-11-12(15)4-3-5-13(11)18-14(19)10-8-16-17-9-10/h3-5,8-9H,6-7H2,1-2H3,(H,16,17)(H,18,19). The van der Waals surface area contributed by atoms with Crippen LogP contribution < -0.4 is 5.32 Å². The van der Waals surface area contributed by atoms with Gasteiger partial charge in [0, 0.05) is 11.9 Å². The Morgan fingerprint density at radius 3 is 3.00 bits per heavy atom. The SMILES string of the molecule is CC1(C)CCc2c(NC(=O)c3cn[nH]c3)cccc21. The Morgan fingerprint density at radius 2 is 2.26 bits per heavy atom. The number of carbonyl (C=O) groups excluding carboxylic acids is 1. The van der Waals surface area contributed by atoms with Gasteiger partial charge in [-0.05, 0) is 35.4 Å². The summed E-state index contributed by atoms with van der Waals surface area (Å²) in [5, 5.41) is 9.43. The molecule has 0 atom stereocenters. The Hall–Kier alpha value is -2.10. The highest BCUT2D eigenvalue weighted by Crippen LogP contribution is 2.41. The van der Waals surface area contributed by atoms with Crippen molar-refractivity contribution in [1.82, 2.24) is 10.2 Å². The lowest BCUT2D eigenvalue weighted by Gasteiger charge is -2.19. The Balaban J connectivity index is 1.91. The number of rotatable bonds is 2. The number of anilines is 1. The highest BCUT2D eigenvalue weighted by atomic mass is 16.1. The Labute approximate surface area is 112 Å². The van der Waals surface area contributed by atoms with E-state index in [1.165, 1.54) is 17.3 Å². The first-order valence-corrected chi connectivity index (χ1v) is 6.50. The summed E-state index contributed by atoms with van der Waals surface area (Å²) in [7, 11) is 0. The third-order valence-corrected chi connectivity index (χ3v) is 3.91. The van der Waals surface area contributed by atoms with Gasteiger partial charge in [0.25, 0.3) is 5.91 Å². The minimum Gasteiger partial charge on any atom is -0.322 e. The summed E-state index contributed by atoms with van der Waals surface area (Å²) in [5.41, 5.74) is 4.29. The van der Waals surface area contributed by atoms with Crippen LogP contribution in [-0.4, -0.2) is 16.1 Å². The quantitative estimate of drug-likeness (QED) is 0.867. The fourth-order valence-electron chi connectivity index (χ4n) is 2.75. The lowest BCUT2D eigenvalue weighted by atomic mass is 9.86. The second-order valence-electron chi connectivity index (χ2n) is 5.66. The number of nitrogens with zero attached hydrogens (tertiary/aromatic N) is 1. The Morgan fingerprint density at radius 1 is 1.42 bits per heavy atom. The third kappa shape index (κ3) is 2.03. The molecule has 19 heavy (non-hydrogen) atoms. The van der Waals surface area contributed by atoms with Crippen molar-refractivity contribution < 1.29 is 4.79 Å². The molecule has 1 heterocycles. The number of fused-ring (bicyclic) bond motifs is 1. The van der Waals surface area contributed by atoms with Crippen LogP contribution in [0.2, 0.25) is 0 Å². The minimum absolute atomic E-state index is 0.119. The molecule has 0 bridgehead atoms. The van der Waals surface area contributed by atoms with Crippen molar-refractivity contribution in [1.29, 1.82) is 0 Å². The summed E-state index contributed by atoms with van der Waals surface area (Å²) in [5.74, 6) is -0.119. The summed E-state index contributed by atoms with van der Waals surface area (Å²) in [6.45, 7) is 4.50. The van der Waals surface area contributed by atoms with E-state index in [0.717, 1.165) is 18.5 Å². The van der Waals surface area contributed by atoms with E-state index >= 15 is 0 Å². The average Bonchev–Trinajstić information content (AvgIpc) is 2.99. The van der Waals surface area contributed by atoms with E-state index in [1.54, 1.807) is 6.20 Å². The first-order chi connectivity index (χ1) is 9.08. The molecule has 0 spiro atoms. The first kappa shape index (κ1) is 12.0. The lowest BCUT2D eigenvalue weighted by Crippen LogP contribution is -2.14. The normalized spacial score (nSPS) is 16.1. The van der Waals surface area contributed by atoms with Gasteiger partial charge in [0.15, 0.2) is 0 Å². The van der Waals surface area contributed by atoms with Gasteiger partial charge in [-0.2, -0.15) is 5.10 Å². The molecule has 1 aromatic carbocycles. The molecule has 0 saturated heterocycles. The van der Waals surface area contributed by atoms with Crippen molar-refractivity contribution >= 4 is 11.6 Å². The first-order valence-electron chi connectivity index (χ1n) is 6.50. The zero-order valence-electron chi connectivity index (χ0n) is 11.2. The predicted octanol–water partition coefficient (Wildman–Crippen LogP) is 2.89. The van der Waals surface area contributed by atoms with Crippen molar-refractivity contribution in [2.24, 2.45) is 0 Å². The fourth-order valence-corrected chi connectivity index (χ4v) is 2.75. The van der Waals surface area contributed by atoms with Gasteiger partial charge in [-0.15, -0.1) is 0 Å². The number of H-pyrrole nitrogens is 1. The maximum Gasteiger partial charge on any atom is 0.258 e. The van der Waals surface area contributed by atoms with E-state index in [0.29, 0.717) is 5.56 Å². The minimum atomic E-state index is -0.119. The zero-order valence-corrected chi connectivity index (χ0v) is 11.2. The number of hydrogen-bond donors (Lipinski definition) is 2. The number of benzene rings is 1. The molecule has 0 unspecified atom stereocenters. The molecule has 0 saturated carbocycles. The van der Waals surface area contributed by atoms with E-state index < -0.39 is 0 Å². The van der Waals surface area contributed by atoms with Gasteiger partial charge in [0.2, 0.25) is 0 Å². The van der Waals surface area contributed by atoms with Gasteiger partial charge in [-0.25, -0.2) is 0 Å².